The molecule has 1 saturated carbocycles. The number of nitriles is 1. The molecule has 1 aromatic rings. The van der Waals surface area contributed by atoms with Crippen molar-refractivity contribution < 1.29 is 9.47 Å². The second-order valence-corrected chi connectivity index (χ2v) is 7.48. The molecule has 0 radical (unpaired) electrons. The normalized spacial score (nSPS) is 24.6. The minimum absolute atomic E-state index is 0.268. The molecule has 1 atom stereocenters. The van der Waals surface area contributed by atoms with Crippen molar-refractivity contribution in [3.63, 3.8) is 0 Å². The highest BCUT2D eigenvalue weighted by molar-refractivity contribution is 5.53. The van der Waals surface area contributed by atoms with Crippen molar-refractivity contribution in [3.05, 3.63) is 23.3 Å². The highest BCUT2D eigenvalue weighted by Gasteiger charge is 2.44. The summed E-state index contributed by atoms with van der Waals surface area (Å²) in [6.45, 7) is 5.70. The van der Waals surface area contributed by atoms with Crippen LogP contribution in [0.5, 0.6) is 11.5 Å². The zero-order valence-electron chi connectivity index (χ0n) is 14.5. The van der Waals surface area contributed by atoms with Gasteiger partial charge in [0.25, 0.3) is 0 Å². The second-order valence-electron chi connectivity index (χ2n) is 7.48. The van der Waals surface area contributed by atoms with Crippen LogP contribution in [0.25, 0.3) is 0 Å². The third kappa shape index (κ3) is 2.56. The van der Waals surface area contributed by atoms with Crippen LogP contribution in [0.2, 0.25) is 0 Å². The first kappa shape index (κ1) is 15.8. The zero-order valence-corrected chi connectivity index (χ0v) is 14.5. The van der Waals surface area contributed by atoms with Gasteiger partial charge in [-0.1, -0.05) is 12.8 Å². The first-order chi connectivity index (χ1) is 11.7. The van der Waals surface area contributed by atoms with E-state index >= 15 is 0 Å². The number of hydrogen-bond acceptors (Lipinski definition) is 4. The van der Waals surface area contributed by atoms with Crippen LogP contribution in [0.3, 0.4) is 0 Å². The Bertz CT molecular complexity index is 658. The molecule has 0 bridgehead atoms. The van der Waals surface area contributed by atoms with E-state index in [0.29, 0.717) is 25.7 Å². The smallest absolute Gasteiger partial charge is 0.161 e. The number of ether oxygens (including phenoxy) is 2. The molecular weight excluding hydrogens is 300 g/mol. The van der Waals surface area contributed by atoms with Crippen LogP contribution in [0.15, 0.2) is 12.1 Å². The summed E-state index contributed by atoms with van der Waals surface area (Å²) < 4.78 is 11.7. The fraction of sp³-hybridized carbons (Fsp3) is 0.650. The predicted octanol–water partition coefficient (Wildman–Crippen LogP) is 3.95. The van der Waals surface area contributed by atoms with E-state index in [-0.39, 0.29) is 5.41 Å². The predicted molar refractivity (Wildman–Crippen MR) is 92.4 cm³/mol. The quantitative estimate of drug-likeness (QED) is 0.789. The number of nitrogens with zero attached hydrogens (tertiary/aromatic N) is 2. The Morgan fingerprint density at radius 3 is 2.62 bits per heavy atom. The van der Waals surface area contributed by atoms with E-state index in [9.17, 15) is 0 Å². The summed E-state index contributed by atoms with van der Waals surface area (Å²) >= 11 is 0. The minimum atomic E-state index is 0.268. The van der Waals surface area contributed by atoms with Crippen LogP contribution in [0.1, 0.15) is 62.6 Å². The van der Waals surface area contributed by atoms with E-state index in [2.05, 4.69) is 30.0 Å². The van der Waals surface area contributed by atoms with E-state index < -0.39 is 0 Å². The summed E-state index contributed by atoms with van der Waals surface area (Å²) in [7, 11) is 0. The third-order valence-electron chi connectivity index (χ3n) is 6.08. The van der Waals surface area contributed by atoms with Gasteiger partial charge >= 0.3 is 0 Å². The number of unbranched alkanes of at least 4 members (excludes halogenated alkanes) is 1. The second kappa shape index (κ2) is 6.29. The highest BCUT2D eigenvalue weighted by Crippen LogP contribution is 2.51. The van der Waals surface area contributed by atoms with Crippen LogP contribution in [-0.2, 0) is 5.41 Å². The Kier molecular flexibility index (Phi) is 4.14. The summed E-state index contributed by atoms with van der Waals surface area (Å²) in [6.07, 6.45) is 6.76. The number of fused-ring (bicyclic) bond motifs is 3. The van der Waals surface area contributed by atoms with Gasteiger partial charge < -0.3 is 9.47 Å². The molecular formula is C20H26N2O2. The topological polar surface area (TPSA) is 45.5 Å². The standard InChI is InChI=1S/C20H26N2O2/c1-15-16-12-18-19(24-11-10-23-18)13-17(16)20(6-2-3-7-20)14-22(15)9-5-4-8-21/h12-13,15H,2-7,9-11,14H2,1H3. The van der Waals surface area contributed by atoms with Gasteiger partial charge in [0, 0.05) is 24.4 Å². The van der Waals surface area contributed by atoms with Crippen LogP contribution in [0, 0.1) is 11.3 Å². The Morgan fingerprint density at radius 2 is 1.92 bits per heavy atom. The Morgan fingerprint density at radius 1 is 1.21 bits per heavy atom. The van der Waals surface area contributed by atoms with E-state index in [4.69, 9.17) is 14.7 Å². The molecule has 1 fully saturated rings. The summed E-state index contributed by atoms with van der Waals surface area (Å²) in [5.74, 6) is 1.83. The van der Waals surface area contributed by atoms with Gasteiger partial charge in [0.1, 0.15) is 13.2 Å². The average Bonchev–Trinajstić information content (AvgIpc) is 3.08. The summed E-state index contributed by atoms with van der Waals surface area (Å²) in [4.78, 5) is 2.58. The zero-order chi connectivity index (χ0) is 16.6. The lowest BCUT2D eigenvalue weighted by atomic mass is 9.71. The fourth-order valence-corrected chi connectivity index (χ4v) is 4.83. The highest BCUT2D eigenvalue weighted by atomic mass is 16.6. The molecule has 1 aromatic carbocycles. The van der Waals surface area contributed by atoms with E-state index in [1.807, 2.05) is 0 Å². The summed E-state index contributed by atoms with van der Waals surface area (Å²) in [5.41, 5.74) is 3.17. The third-order valence-corrected chi connectivity index (χ3v) is 6.08. The lowest BCUT2D eigenvalue weighted by Gasteiger charge is -2.46. The largest absolute Gasteiger partial charge is 0.486 e. The Balaban J connectivity index is 1.73. The molecule has 1 aliphatic carbocycles. The van der Waals surface area contributed by atoms with Crippen molar-refractivity contribution >= 4 is 0 Å². The summed E-state index contributed by atoms with van der Waals surface area (Å²) in [6, 6.07) is 7.16. The molecule has 1 unspecified atom stereocenters. The molecule has 0 amide bonds. The van der Waals surface area contributed by atoms with Crippen molar-refractivity contribution in [2.75, 3.05) is 26.3 Å². The van der Waals surface area contributed by atoms with Crippen LogP contribution >= 0.6 is 0 Å². The van der Waals surface area contributed by atoms with Crippen molar-refractivity contribution in [2.24, 2.45) is 0 Å². The van der Waals surface area contributed by atoms with Gasteiger partial charge in [-0.3, -0.25) is 4.90 Å². The minimum Gasteiger partial charge on any atom is -0.486 e. The number of benzene rings is 1. The first-order valence-corrected chi connectivity index (χ1v) is 9.28. The van der Waals surface area contributed by atoms with Crippen molar-refractivity contribution in [1.29, 1.82) is 5.26 Å². The molecule has 0 N–H and O–H groups in total. The monoisotopic (exact) mass is 326 g/mol. The first-order valence-electron chi connectivity index (χ1n) is 9.28. The Hall–Kier alpha value is -1.73. The molecule has 4 heteroatoms. The maximum Gasteiger partial charge on any atom is 0.161 e. The van der Waals surface area contributed by atoms with Crippen molar-refractivity contribution in [1.82, 2.24) is 4.90 Å². The molecule has 4 rings (SSSR count). The van der Waals surface area contributed by atoms with Gasteiger partial charge in [0.15, 0.2) is 11.5 Å². The number of rotatable bonds is 3. The van der Waals surface area contributed by atoms with Crippen LogP contribution < -0.4 is 9.47 Å². The Labute approximate surface area is 144 Å². The van der Waals surface area contributed by atoms with Gasteiger partial charge in [-0.25, -0.2) is 0 Å². The van der Waals surface area contributed by atoms with Crippen molar-refractivity contribution in [2.45, 2.75) is 56.9 Å². The lowest BCUT2D eigenvalue weighted by molar-refractivity contribution is 0.131. The average molecular weight is 326 g/mol. The van der Waals surface area contributed by atoms with E-state index in [1.165, 1.54) is 36.8 Å². The molecule has 0 saturated heterocycles. The van der Waals surface area contributed by atoms with Crippen molar-refractivity contribution in [3.8, 4) is 17.6 Å². The van der Waals surface area contributed by atoms with E-state index in [1.54, 1.807) is 0 Å². The maximum atomic E-state index is 8.86. The molecule has 4 nitrogen and oxygen atoms in total. The van der Waals surface area contributed by atoms with Gasteiger partial charge in [-0.15, -0.1) is 0 Å². The molecule has 128 valence electrons. The molecule has 3 aliphatic rings. The fourth-order valence-electron chi connectivity index (χ4n) is 4.83. The van der Waals surface area contributed by atoms with Crippen LogP contribution in [-0.4, -0.2) is 31.2 Å². The molecule has 2 heterocycles. The molecule has 1 spiro atoms. The van der Waals surface area contributed by atoms with E-state index in [0.717, 1.165) is 31.0 Å². The molecule has 24 heavy (non-hydrogen) atoms. The van der Waals surface area contributed by atoms with Gasteiger partial charge in [0.05, 0.1) is 6.07 Å². The summed E-state index contributed by atoms with van der Waals surface area (Å²) in [5, 5.41) is 8.86. The van der Waals surface area contributed by atoms with Gasteiger partial charge in [0.2, 0.25) is 0 Å². The maximum absolute atomic E-state index is 8.86. The van der Waals surface area contributed by atoms with Crippen LogP contribution in [0.4, 0.5) is 0 Å². The molecule has 0 aromatic heterocycles. The van der Waals surface area contributed by atoms with Gasteiger partial charge in [-0.2, -0.15) is 5.26 Å². The van der Waals surface area contributed by atoms with Gasteiger partial charge in [-0.05, 0) is 56.0 Å². The SMILES string of the molecule is CC1c2cc3c(cc2C2(CCCC2)CN1CCCC#N)OCCO3. The number of hydrogen-bond donors (Lipinski definition) is 0. The lowest BCUT2D eigenvalue weighted by Crippen LogP contribution is -2.46. The molecule has 2 aliphatic heterocycles.